The van der Waals surface area contributed by atoms with E-state index in [2.05, 4.69) is 21.2 Å². The average Bonchev–Trinajstić information content (AvgIpc) is 2.58. The van der Waals surface area contributed by atoms with E-state index >= 15 is 0 Å². The summed E-state index contributed by atoms with van der Waals surface area (Å²) in [5.74, 6) is 3.31. The van der Waals surface area contributed by atoms with Crippen LogP contribution in [0.3, 0.4) is 0 Å². The van der Waals surface area contributed by atoms with Crippen molar-refractivity contribution in [1.82, 2.24) is 5.32 Å². The Kier molecular flexibility index (Phi) is 4.94. The van der Waals surface area contributed by atoms with E-state index in [1.54, 1.807) is 14.2 Å². The van der Waals surface area contributed by atoms with Crippen molar-refractivity contribution in [2.75, 3.05) is 14.2 Å². The molecule has 5 rings (SSSR count). The molecule has 0 saturated heterocycles. The summed E-state index contributed by atoms with van der Waals surface area (Å²) in [6.45, 7) is 2.01. The van der Waals surface area contributed by atoms with Gasteiger partial charge in [-0.05, 0) is 80.9 Å². The summed E-state index contributed by atoms with van der Waals surface area (Å²) in [5.41, 5.74) is 1.14. The number of hydrogen-bond acceptors (Lipinski definition) is 3. The largest absolute Gasteiger partial charge is 0.497 e. The van der Waals surface area contributed by atoms with E-state index in [-0.39, 0.29) is 17.4 Å². The molecule has 4 aliphatic carbocycles. The van der Waals surface area contributed by atoms with E-state index in [9.17, 15) is 4.79 Å². The molecule has 0 radical (unpaired) electrons. The van der Waals surface area contributed by atoms with Crippen LogP contribution in [0.1, 0.15) is 63.5 Å². The molecule has 4 aliphatic rings. The molecule has 1 aromatic rings. The Morgan fingerprint density at radius 3 is 2.52 bits per heavy atom. The highest BCUT2D eigenvalue weighted by atomic mass is 79.9. The summed E-state index contributed by atoms with van der Waals surface area (Å²) < 4.78 is 11.1. The molecule has 27 heavy (non-hydrogen) atoms. The van der Waals surface area contributed by atoms with Crippen LogP contribution in [0.25, 0.3) is 0 Å². The lowest BCUT2D eigenvalue weighted by Crippen LogP contribution is -2.54. The standard InChI is InChI=1S/C22H30BrNO3/c1-14(18-7-17(26-2)4-5-19(18)27-3)24-20(25)12-21-8-15-6-16(9-21)11-22(23,10-15)13-21/h4-5,7,14-16H,6,8-13H2,1-3H3,(H,24,25)/t14-,15-,16-,21?,22?/m1/s1. The first kappa shape index (κ1) is 19.1. The van der Waals surface area contributed by atoms with Crippen LogP contribution in [0.15, 0.2) is 18.2 Å². The van der Waals surface area contributed by atoms with Gasteiger partial charge in [0.15, 0.2) is 0 Å². The van der Waals surface area contributed by atoms with E-state index < -0.39 is 0 Å². The fourth-order valence-corrected chi connectivity index (χ4v) is 7.94. The number of carbonyl (C=O) groups excluding carboxylic acids is 1. The lowest BCUT2D eigenvalue weighted by molar-refractivity contribution is -0.128. The molecule has 0 aromatic heterocycles. The number of halogens is 1. The lowest BCUT2D eigenvalue weighted by Gasteiger charge is -2.60. The van der Waals surface area contributed by atoms with Gasteiger partial charge in [0.1, 0.15) is 11.5 Å². The Morgan fingerprint density at radius 2 is 1.93 bits per heavy atom. The number of amides is 1. The molecular formula is C22H30BrNO3. The van der Waals surface area contributed by atoms with Crippen molar-refractivity contribution in [3.8, 4) is 11.5 Å². The third-order valence-corrected chi connectivity index (χ3v) is 7.86. The Bertz CT molecular complexity index is 720. The molecule has 3 atom stereocenters. The van der Waals surface area contributed by atoms with Gasteiger partial charge in [0.05, 0.1) is 20.3 Å². The SMILES string of the molecule is COc1ccc(OC)c([C@@H](C)NC(=O)CC23C[C@H]4C[C@@H](CC(Br)(C4)C2)C3)c1. The minimum Gasteiger partial charge on any atom is -0.497 e. The highest BCUT2D eigenvalue weighted by molar-refractivity contribution is 9.10. The number of carbonyl (C=O) groups is 1. The van der Waals surface area contributed by atoms with Gasteiger partial charge in [-0.2, -0.15) is 0 Å². The van der Waals surface area contributed by atoms with Gasteiger partial charge in [0.25, 0.3) is 0 Å². The third kappa shape index (κ3) is 3.72. The van der Waals surface area contributed by atoms with Crippen molar-refractivity contribution in [3.05, 3.63) is 23.8 Å². The molecule has 0 unspecified atom stereocenters. The van der Waals surface area contributed by atoms with Crippen molar-refractivity contribution >= 4 is 21.8 Å². The summed E-state index contributed by atoms with van der Waals surface area (Å²) in [6.07, 6.45) is 8.20. The molecule has 0 aliphatic heterocycles. The van der Waals surface area contributed by atoms with Gasteiger partial charge in [-0.15, -0.1) is 0 Å². The number of ether oxygens (including phenoxy) is 2. The molecular weight excluding hydrogens is 406 g/mol. The van der Waals surface area contributed by atoms with Gasteiger partial charge in [-0.1, -0.05) is 15.9 Å². The van der Waals surface area contributed by atoms with Crippen LogP contribution in [0.5, 0.6) is 11.5 Å². The molecule has 0 heterocycles. The van der Waals surface area contributed by atoms with Crippen LogP contribution >= 0.6 is 15.9 Å². The van der Waals surface area contributed by atoms with Crippen molar-refractivity contribution in [2.24, 2.45) is 17.3 Å². The molecule has 1 N–H and O–H groups in total. The van der Waals surface area contributed by atoms with E-state index in [0.29, 0.717) is 10.7 Å². The zero-order chi connectivity index (χ0) is 19.2. The fraction of sp³-hybridized carbons (Fsp3) is 0.682. The molecule has 4 saturated carbocycles. The minimum atomic E-state index is -0.116. The highest BCUT2D eigenvalue weighted by Gasteiger charge is 2.57. The summed E-state index contributed by atoms with van der Waals surface area (Å²) in [4.78, 5) is 13.0. The van der Waals surface area contributed by atoms with Crippen molar-refractivity contribution in [1.29, 1.82) is 0 Å². The van der Waals surface area contributed by atoms with Gasteiger partial charge >= 0.3 is 0 Å². The fourth-order valence-electron chi connectivity index (χ4n) is 6.43. The first-order chi connectivity index (χ1) is 12.8. The molecule has 4 fully saturated rings. The van der Waals surface area contributed by atoms with Gasteiger partial charge in [-0.3, -0.25) is 4.79 Å². The quantitative estimate of drug-likeness (QED) is 0.639. The topological polar surface area (TPSA) is 47.6 Å². The predicted octanol–water partition coefficient (Wildman–Crippen LogP) is 5.01. The molecule has 1 aromatic carbocycles. The van der Waals surface area contributed by atoms with Crippen LogP contribution in [0, 0.1) is 17.3 Å². The molecule has 0 spiro atoms. The Balaban J connectivity index is 1.46. The molecule has 5 heteroatoms. The number of nitrogens with one attached hydrogen (secondary N) is 1. The Labute approximate surface area is 170 Å². The minimum absolute atomic E-state index is 0.116. The van der Waals surface area contributed by atoms with Crippen LogP contribution in [0.2, 0.25) is 0 Å². The predicted molar refractivity (Wildman–Crippen MR) is 109 cm³/mol. The maximum atomic E-state index is 13.0. The van der Waals surface area contributed by atoms with Crippen LogP contribution in [-0.2, 0) is 4.79 Å². The number of hydrogen-bond donors (Lipinski definition) is 1. The van der Waals surface area contributed by atoms with Gasteiger partial charge in [0, 0.05) is 16.3 Å². The number of methoxy groups -OCH3 is 2. The van der Waals surface area contributed by atoms with E-state index in [0.717, 1.165) is 35.3 Å². The first-order valence-electron chi connectivity index (χ1n) is 10.0. The van der Waals surface area contributed by atoms with Crippen LogP contribution in [-0.4, -0.2) is 24.5 Å². The second-order valence-electron chi connectivity index (χ2n) is 9.19. The van der Waals surface area contributed by atoms with Crippen LogP contribution < -0.4 is 14.8 Å². The monoisotopic (exact) mass is 435 g/mol. The zero-order valence-corrected chi connectivity index (χ0v) is 18.1. The van der Waals surface area contributed by atoms with E-state index in [1.807, 2.05) is 25.1 Å². The second-order valence-corrected chi connectivity index (χ2v) is 10.9. The Morgan fingerprint density at radius 1 is 1.22 bits per heavy atom. The van der Waals surface area contributed by atoms with Crippen molar-refractivity contribution in [3.63, 3.8) is 0 Å². The number of alkyl halides is 1. The molecule has 4 nitrogen and oxygen atoms in total. The first-order valence-corrected chi connectivity index (χ1v) is 10.8. The Hall–Kier alpha value is -1.23. The summed E-state index contributed by atoms with van der Waals surface area (Å²) in [5, 5.41) is 3.22. The smallest absolute Gasteiger partial charge is 0.221 e. The lowest BCUT2D eigenvalue weighted by atomic mass is 9.48. The van der Waals surface area contributed by atoms with E-state index in [4.69, 9.17) is 9.47 Å². The highest BCUT2D eigenvalue weighted by Crippen LogP contribution is 2.65. The molecule has 148 valence electrons. The van der Waals surface area contributed by atoms with E-state index in [1.165, 1.54) is 32.1 Å². The molecule has 1 amide bonds. The number of benzene rings is 1. The zero-order valence-electron chi connectivity index (χ0n) is 16.5. The average molecular weight is 436 g/mol. The summed E-state index contributed by atoms with van der Waals surface area (Å²) >= 11 is 4.04. The maximum Gasteiger partial charge on any atom is 0.221 e. The van der Waals surface area contributed by atoms with Gasteiger partial charge in [-0.25, -0.2) is 0 Å². The van der Waals surface area contributed by atoms with Crippen molar-refractivity contribution < 1.29 is 14.3 Å². The number of rotatable bonds is 6. The van der Waals surface area contributed by atoms with Gasteiger partial charge in [0.2, 0.25) is 5.91 Å². The maximum absolute atomic E-state index is 13.0. The molecule has 4 bridgehead atoms. The summed E-state index contributed by atoms with van der Waals surface area (Å²) in [6, 6.07) is 5.60. The normalized spacial score (nSPS) is 35.0. The van der Waals surface area contributed by atoms with Crippen molar-refractivity contribution in [2.45, 2.75) is 62.2 Å². The van der Waals surface area contributed by atoms with Crippen LogP contribution in [0.4, 0.5) is 0 Å². The second kappa shape index (κ2) is 6.98. The summed E-state index contributed by atoms with van der Waals surface area (Å²) in [7, 11) is 3.31. The third-order valence-electron chi connectivity index (χ3n) is 6.93. The van der Waals surface area contributed by atoms with Gasteiger partial charge < -0.3 is 14.8 Å².